The van der Waals surface area contributed by atoms with E-state index in [1.54, 1.807) is 11.9 Å². The zero-order chi connectivity index (χ0) is 16.1. The zero-order valence-corrected chi connectivity index (χ0v) is 14.1. The fraction of sp³-hybridized carbons (Fsp3) is 0.412. The van der Waals surface area contributed by atoms with Crippen molar-refractivity contribution in [2.75, 3.05) is 18.5 Å². The summed E-state index contributed by atoms with van der Waals surface area (Å²) in [5.41, 5.74) is 0.882. The van der Waals surface area contributed by atoms with Crippen LogP contribution >= 0.6 is 11.8 Å². The standard InChI is InChI=1S/C17H22N2O2S/c1-4-12(5-2)11-18-16(20)10-15-17(21)19(3)13-8-6-7-9-14(13)22-15/h6-10,12H,4-5,11H2,1-3H3,(H,18,20)/b15-10+. The predicted octanol–water partition coefficient (Wildman–Crippen LogP) is 3.19. The second-order valence-corrected chi connectivity index (χ2v) is 6.45. The lowest BCUT2D eigenvalue weighted by atomic mass is 10.0. The van der Waals surface area contributed by atoms with Crippen molar-refractivity contribution in [3.8, 4) is 0 Å². The molecule has 1 N–H and O–H groups in total. The molecular formula is C17H22N2O2S. The van der Waals surface area contributed by atoms with Crippen LogP contribution in [0.1, 0.15) is 26.7 Å². The largest absolute Gasteiger partial charge is 0.352 e. The number of benzene rings is 1. The van der Waals surface area contributed by atoms with Crippen molar-refractivity contribution in [2.45, 2.75) is 31.6 Å². The number of carbonyl (C=O) groups excluding carboxylic acids is 2. The van der Waals surface area contributed by atoms with Crippen LogP contribution in [0.3, 0.4) is 0 Å². The number of amides is 2. The molecule has 0 fully saturated rings. The fourth-order valence-corrected chi connectivity index (χ4v) is 3.42. The molecule has 0 unspecified atom stereocenters. The van der Waals surface area contributed by atoms with E-state index in [4.69, 9.17) is 0 Å². The number of carbonyl (C=O) groups is 2. The minimum absolute atomic E-state index is 0.138. The van der Waals surface area contributed by atoms with Gasteiger partial charge in [0.25, 0.3) is 5.91 Å². The highest BCUT2D eigenvalue weighted by atomic mass is 32.2. The number of para-hydroxylation sites is 1. The van der Waals surface area contributed by atoms with E-state index in [1.807, 2.05) is 24.3 Å². The van der Waals surface area contributed by atoms with Crippen molar-refractivity contribution in [1.82, 2.24) is 5.32 Å². The molecule has 1 aromatic rings. The van der Waals surface area contributed by atoms with Gasteiger partial charge in [0, 0.05) is 24.6 Å². The maximum absolute atomic E-state index is 12.3. The van der Waals surface area contributed by atoms with Crippen LogP contribution in [0.5, 0.6) is 0 Å². The number of nitrogens with zero attached hydrogens (tertiary/aromatic N) is 1. The molecule has 0 radical (unpaired) electrons. The number of anilines is 1. The van der Waals surface area contributed by atoms with Gasteiger partial charge in [-0.2, -0.15) is 0 Å². The van der Waals surface area contributed by atoms with Crippen molar-refractivity contribution in [3.05, 3.63) is 35.2 Å². The van der Waals surface area contributed by atoms with Crippen molar-refractivity contribution < 1.29 is 9.59 Å². The van der Waals surface area contributed by atoms with E-state index in [2.05, 4.69) is 19.2 Å². The molecular weight excluding hydrogens is 296 g/mol. The van der Waals surface area contributed by atoms with Gasteiger partial charge in [0.2, 0.25) is 5.91 Å². The number of nitrogens with one attached hydrogen (secondary N) is 1. The number of thioether (sulfide) groups is 1. The number of rotatable bonds is 5. The molecule has 4 nitrogen and oxygen atoms in total. The van der Waals surface area contributed by atoms with Gasteiger partial charge < -0.3 is 10.2 Å². The average molecular weight is 318 g/mol. The molecule has 2 rings (SSSR count). The van der Waals surface area contributed by atoms with Crippen molar-refractivity contribution in [1.29, 1.82) is 0 Å². The number of hydrogen-bond donors (Lipinski definition) is 1. The Bertz CT molecular complexity index is 594. The molecule has 0 saturated carbocycles. The van der Waals surface area contributed by atoms with Crippen LogP contribution in [-0.2, 0) is 9.59 Å². The minimum Gasteiger partial charge on any atom is -0.352 e. The summed E-state index contributed by atoms with van der Waals surface area (Å²) in [7, 11) is 1.73. The first-order chi connectivity index (χ1) is 10.6. The molecule has 0 aliphatic carbocycles. The van der Waals surface area contributed by atoms with Gasteiger partial charge in [-0.3, -0.25) is 9.59 Å². The molecule has 2 amide bonds. The van der Waals surface area contributed by atoms with E-state index in [9.17, 15) is 9.59 Å². The van der Waals surface area contributed by atoms with Crippen molar-refractivity contribution in [3.63, 3.8) is 0 Å². The van der Waals surface area contributed by atoms with Crippen molar-refractivity contribution >= 4 is 29.3 Å². The van der Waals surface area contributed by atoms with E-state index in [-0.39, 0.29) is 11.8 Å². The molecule has 1 aliphatic heterocycles. The first-order valence-corrected chi connectivity index (χ1v) is 8.42. The molecule has 0 saturated heterocycles. The van der Waals surface area contributed by atoms with Gasteiger partial charge in [-0.05, 0) is 18.1 Å². The third-order valence-corrected chi connectivity index (χ3v) is 5.02. The Kier molecular flexibility index (Phi) is 5.66. The van der Waals surface area contributed by atoms with E-state index >= 15 is 0 Å². The molecule has 5 heteroatoms. The summed E-state index contributed by atoms with van der Waals surface area (Å²) < 4.78 is 0. The van der Waals surface area contributed by atoms with E-state index in [1.165, 1.54) is 17.8 Å². The lowest BCUT2D eigenvalue weighted by Crippen LogP contribution is -2.32. The molecule has 0 aromatic heterocycles. The van der Waals surface area contributed by atoms with Crippen LogP contribution in [0, 0.1) is 5.92 Å². The average Bonchev–Trinajstić information content (AvgIpc) is 2.53. The molecule has 0 atom stereocenters. The van der Waals surface area contributed by atoms with Crippen LogP contribution in [-0.4, -0.2) is 25.4 Å². The smallest absolute Gasteiger partial charge is 0.265 e. The molecule has 118 valence electrons. The predicted molar refractivity (Wildman–Crippen MR) is 90.9 cm³/mol. The van der Waals surface area contributed by atoms with Crippen LogP contribution in [0.25, 0.3) is 0 Å². The van der Waals surface area contributed by atoms with Gasteiger partial charge >= 0.3 is 0 Å². The first kappa shape index (κ1) is 16.6. The van der Waals surface area contributed by atoms with Crippen LogP contribution in [0.4, 0.5) is 5.69 Å². The van der Waals surface area contributed by atoms with E-state index in [0.29, 0.717) is 17.4 Å². The Hall–Kier alpha value is -1.75. The molecule has 1 aliphatic rings. The topological polar surface area (TPSA) is 49.4 Å². The van der Waals surface area contributed by atoms with Gasteiger partial charge in [0.05, 0.1) is 10.6 Å². The summed E-state index contributed by atoms with van der Waals surface area (Å²) in [6.45, 7) is 4.89. The Morgan fingerprint density at radius 3 is 2.68 bits per heavy atom. The quantitative estimate of drug-likeness (QED) is 0.848. The summed E-state index contributed by atoms with van der Waals surface area (Å²) >= 11 is 1.35. The summed E-state index contributed by atoms with van der Waals surface area (Å²) in [6.07, 6.45) is 3.50. The van der Waals surface area contributed by atoms with Gasteiger partial charge in [-0.1, -0.05) is 50.6 Å². The lowest BCUT2D eigenvalue weighted by Gasteiger charge is -2.26. The summed E-state index contributed by atoms with van der Waals surface area (Å²) in [5.74, 6) is 0.150. The maximum Gasteiger partial charge on any atom is 0.265 e. The second kappa shape index (κ2) is 7.49. The lowest BCUT2D eigenvalue weighted by molar-refractivity contribution is -0.118. The first-order valence-electron chi connectivity index (χ1n) is 7.61. The Morgan fingerprint density at radius 2 is 2.00 bits per heavy atom. The number of fused-ring (bicyclic) bond motifs is 1. The third-order valence-electron chi connectivity index (χ3n) is 3.94. The van der Waals surface area contributed by atoms with E-state index in [0.717, 1.165) is 23.4 Å². The minimum atomic E-state index is -0.199. The monoisotopic (exact) mass is 318 g/mol. The van der Waals surface area contributed by atoms with Crippen LogP contribution in [0.2, 0.25) is 0 Å². The second-order valence-electron chi connectivity index (χ2n) is 5.37. The van der Waals surface area contributed by atoms with Gasteiger partial charge in [0.15, 0.2) is 0 Å². The molecule has 1 aromatic carbocycles. The maximum atomic E-state index is 12.3. The SMILES string of the molecule is CCC(CC)CNC(=O)/C=C1/Sc2ccccc2N(C)C1=O. The fourth-order valence-electron chi connectivity index (χ4n) is 2.34. The zero-order valence-electron chi connectivity index (χ0n) is 13.3. The third kappa shape index (κ3) is 3.71. The highest BCUT2D eigenvalue weighted by Gasteiger charge is 2.26. The number of likely N-dealkylation sites (N-methyl/N-ethyl adjacent to an activating group) is 1. The summed E-state index contributed by atoms with van der Waals surface area (Å²) in [5, 5.41) is 2.89. The van der Waals surface area contributed by atoms with Crippen LogP contribution < -0.4 is 10.2 Å². The van der Waals surface area contributed by atoms with Gasteiger partial charge in [-0.25, -0.2) is 0 Å². The normalized spacial score (nSPS) is 16.1. The molecule has 0 spiro atoms. The Morgan fingerprint density at radius 1 is 1.32 bits per heavy atom. The van der Waals surface area contributed by atoms with Crippen molar-refractivity contribution in [2.24, 2.45) is 5.92 Å². The number of hydrogen-bond acceptors (Lipinski definition) is 3. The molecule has 1 heterocycles. The van der Waals surface area contributed by atoms with Gasteiger partial charge in [0.1, 0.15) is 0 Å². The summed E-state index contributed by atoms with van der Waals surface area (Å²) in [6, 6.07) is 7.70. The Labute approximate surface area is 136 Å². The van der Waals surface area contributed by atoms with Crippen LogP contribution in [0.15, 0.2) is 40.1 Å². The molecule has 0 bridgehead atoms. The highest BCUT2D eigenvalue weighted by Crippen LogP contribution is 2.40. The van der Waals surface area contributed by atoms with E-state index < -0.39 is 0 Å². The summed E-state index contributed by atoms with van der Waals surface area (Å²) in [4.78, 5) is 27.4. The Balaban J connectivity index is 2.09. The highest BCUT2D eigenvalue weighted by molar-refractivity contribution is 8.04. The molecule has 22 heavy (non-hydrogen) atoms. The van der Waals surface area contributed by atoms with Gasteiger partial charge in [-0.15, -0.1) is 0 Å².